The lowest BCUT2D eigenvalue weighted by atomic mass is 10.1. The Morgan fingerprint density at radius 1 is 1.14 bits per heavy atom. The van der Waals surface area contributed by atoms with Crippen molar-refractivity contribution >= 4 is 38.3 Å². The van der Waals surface area contributed by atoms with Gasteiger partial charge in [0.05, 0.1) is 15.7 Å². The van der Waals surface area contributed by atoms with E-state index in [1.165, 1.54) is 0 Å². The van der Waals surface area contributed by atoms with E-state index in [0.29, 0.717) is 10.2 Å². The van der Waals surface area contributed by atoms with Crippen LogP contribution in [0.2, 0.25) is 0 Å². The van der Waals surface area contributed by atoms with Gasteiger partial charge >= 0.3 is 0 Å². The summed E-state index contributed by atoms with van der Waals surface area (Å²) in [6, 6.07) is 12.5. The lowest BCUT2D eigenvalue weighted by molar-refractivity contribution is 0.102. The highest BCUT2D eigenvalue weighted by Crippen LogP contribution is 2.27. The molecule has 1 amide bonds. The number of hydrogen-bond donors (Lipinski definition) is 2. The molecule has 5 heteroatoms. The Hall–Kier alpha value is -2.40. The van der Waals surface area contributed by atoms with Crippen molar-refractivity contribution in [3.63, 3.8) is 0 Å². The maximum Gasteiger partial charge on any atom is 0.259 e. The maximum absolute atomic E-state index is 12.3. The number of pyridine rings is 1. The Morgan fingerprint density at radius 3 is 2.57 bits per heavy atom. The van der Waals surface area contributed by atoms with Crippen LogP contribution >= 0.6 is 15.9 Å². The number of halogens is 1. The summed E-state index contributed by atoms with van der Waals surface area (Å²) >= 11 is 3.32. The number of nitrogens with one attached hydrogen (secondary N) is 1. The average Bonchev–Trinajstić information content (AvgIpc) is 2.49. The van der Waals surface area contributed by atoms with Crippen molar-refractivity contribution in [1.29, 1.82) is 0 Å². The second kappa shape index (κ2) is 5.54. The molecule has 0 atom stereocenters. The standard InChI is InChI=1S/C16H11BrN2O2/c17-13-9-18-6-5-14(13)19-16(21)12-7-10-3-1-2-4-11(10)8-15(12)20/h1-9,20H,(H,18,19,21). The van der Waals surface area contributed by atoms with Crippen LogP contribution in [0.1, 0.15) is 10.4 Å². The van der Waals surface area contributed by atoms with Crippen LogP contribution in [-0.4, -0.2) is 16.0 Å². The lowest BCUT2D eigenvalue weighted by Gasteiger charge is -2.09. The highest BCUT2D eigenvalue weighted by Gasteiger charge is 2.13. The fraction of sp³-hybridized carbons (Fsp3) is 0. The van der Waals surface area contributed by atoms with Gasteiger partial charge in [-0.3, -0.25) is 9.78 Å². The topological polar surface area (TPSA) is 62.2 Å². The molecule has 0 aliphatic rings. The Balaban J connectivity index is 1.98. The van der Waals surface area contributed by atoms with Crippen molar-refractivity contribution in [2.75, 3.05) is 5.32 Å². The van der Waals surface area contributed by atoms with Crippen molar-refractivity contribution in [3.8, 4) is 5.75 Å². The van der Waals surface area contributed by atoms with Crippen LogP contribution in [0, 0.1) is 0 Å². The summed E-state index contributed by atoms with van der Waals surface area (Å²) in [7, 11) is 0. The number of hydrogen-bond acceptors (Lipinski definition) is 3. The predicted molar refractivity (Wildman–Crippen MR) is 85.5 cm³/mol. The molecule has 1 aromatic heterocycles. The maximum atomic E-state index is 12.3. The molecule has 3 rings (SSSR count). The SMILES string of the molecule is O=C(Nc1ccncc1Br)c1cc2ccccc2cc1O. The molecule has 2 aromatic carbocycles. The van der Waals surface area contributed by atoms with Crippen LogP contribution in [-0.2, 0) is 0 Å². The highest BCUT2D eigenvalue weighted by atomic mass is 79.9. The van der Waals surface area contributed by atoms with E-state index in [4.69, 9.17) is 0 Å². The zero-order valence-corrected chi connectivity index (χ0v) is 12.5. The second-order valence-electron chi connectivity index (χ2n) is 4.53. The van der Waals surface area contributed by atoms with Gasteiger partial charge in [0.15, 0.2) is 0 Å². The molecular weight excluding hydrogens is 332 g/mol. The molecule has 1 heterocycles. The van der Waals surface area contributed by atoms with Gasteiger partial charge in [-0.2, -0.15) is 0 Å². The first-order chi connectivity index (χ1) is 10.1. The van der Waals surface area contributed by atoms with Crippen LogP contribution in [0.5, 0.6) is 5.75 Å². The van der Waals surface area contributed by atoms with E-state index in [-0.39, 0.29) is 17.2 Å². The largest absolute Gasteiger partial charge is 0.507 e. The van der Waals surface area contributed by atoms with Crippen LogP contribution in [0.4, 0.5) is 5.69 Å². The summed E-state index contributed by atoms with van der Waals surface area (Å²) in [6.45, 7) is 0. The molecular formula is C16H11BrN2O2. The number of aromatic nitrogens is 1. The molecule has 21 heavy (non-hydrogen) atoms. The summed E-state index contributed by atoms with van der Waals surface area (Å²) in [5, 5.41) is 14.6. The normalized spacial score (nSPS) is 10.5. The van der Waals surface area contributed by atoms with Crippen molar-refractivity contribution in [1.82, 2.24) is 4.98 Å². The molecule has 0 fully saturated rings. The number of carbonyl (C=O) groups excluding carboxylic acids is 1. The minimum atomic E-state index is -0.370. The number of benzene rings is 2. The number of aromatic hydroxyl groups is 1. The number of nitrogens with zero attached hydrogens (tertiary/aromatic N) is 1. The number of amides is 1. The zero-order valence-electron chi connectivity index (χ0n) is 10.9. The molecule has 0 saturated heterocycles. The van der Waals surface area contributed by atoms with E-state index in [9.17, 15) is 9.90 Å². The Bertz CT molecular complexity index is 833. The van der Waals surface area contributed by atoms with Gasteiger partial charge in [0.25, 0.3) is 5.91 Å². The molecule has 4 nitrogen and oxygen atoms in total. The van der Waals surface area contributed by atoms with E-state index in [0.717, 1.165) is 10.8 Å². The smallest absolute Gasteiger partial charge is 0.259 e. The summed E-state index contributed by atoms with van der Waals surface area (Å²) in [5.74, 6) is -0.415. The van der Waals surface area contributed by atoms with Crippen LogP contribution < -0.4 is 5.32 Å². The molecule has 3 aromatic rings. The Kier molecular flexibility index (Phi) is 3.58. The monoisotopic (exact) mass is 342 g/mol. The van der Waals surface area contributed by atoms with Crippen LogP contribution in [0.3, 0.4) is 0 Å². The molecule has 0 radical (unpaired) electrons. The first-order valence-electron chi connectivity index (χ1n) is 6.28. The zero-order chi connectivity index (χ0) is 14.8. The minimum absolute atomic E-state index is 0.0450. The first-order valence-corrected chi connectivity index (χ1v) is 7.07. The molecule has 104 valence electrons. The van der Waals surface area contributed by atoms with E-state index in [1.807, 2.05) is 24.3 Å². The lowest BCUT2D eigenvalue weighted by Crippen LogP contribution is -2.12. The van der Waals surface area contributed by atoms with Crippen molar-refractivity contribution in [3.05, 3.63) is 64.9 Å². The number of carbonyl (C=O) groups is 1. The minimum Gasteiger partial charge on any atom is -0.507 e. The summed E-state index contributed by atoms with van der Waals surface area (Å²) in [4.78, 5) is 16.3. The Morgan fingerprint density at radius 2 is 1.86 bits per heavy atom. The molecule has 0 aliphatic heterocycles. The third-order valence-electron chi connectivity index (χ3n) is 3.13. The van der Waals surface area contributed by atoms with Gasteiger partial charge in [-0.1, -0.05) is 24.3 Å². The van der Waals surface area contributed by atoms with Gasteiger partial charge in [0, 0.05) is 12.4 Å². The summed E-state index contributed by atoms with van der Waals surface area (Å²) in [6.07, 6.45) is 3.18. The Labute approximate surface area is 129 Å². The van der Waals surface area contributed by atoms with E-state index >= 15 is 0 Å². The van der Waals surface area contributed by atoms with Gasteiger partial charge in [-0.15, -0.1) is 0 Å². The van der Waals surface area contributed by atoms with E-state index in [2.05, 4.69) is 26.2 Å². The van der Waals surface area contributed by atoms with E-state index < -0.39 is 0 Å². The summed E-state index contributed by atoms with van der Waals surface area (Å²) in [5.41, 5.74) is 0.833. The van der Waals surface area contributed by atoms with E-state index in [1.54, 1.807) is 30.6 Å². The first kappa shape index (κ1) is 13.6. The number of phenolic OH excluding ortho intramolecular Hbond substituents is 1. The fourth-order valence-corrected chi connectivity index (χ4v) is 2.43. The van der Waals surface area contributed by atoms with Gasteiger partial charge in [-0.25, -0.2) is 0 Å². The van der Waals surface area contributed by atoms with Gasteiger partial charge in [0.1, 0.15) is 5.75 Å². The van der Waals surface area contributed by atoms with Crippen molar-refractivity contribution in [2.45, 2.75) is 0 Å². The van der Waals surface area contributed by atoms with Gasteiger partial charge in [-0.05, 0) is 44.9 Å². The van der Waals surface area contributed by atoms with Crippen LogP contribution in [0.25, 0.3) is 10.8 Å². The van der Waals surface area contributed by atoms with Crippen molar-refractivity contribution < 1.29 is 9.90 Å². The number of fused-ring (bicyclic) bond motifs is 1. The second-order valence-corrected chi connectivity index (χ2v) is 5.38. The van der Waals surface area contributed by atoms with Gasteiger partial charge in [0.2, 0.25) is 0 Å². The summed E-state index contributed by atoms with van der Waals surface area (Å²) < 4.78 is 0.679. The van der Waals surface area contributed by atoms with Gasteiger partial charge < -0.3 is 10.4 Å². The number of phenols is 1. The molecule has 0 aliphatic carbocycles. The molecule has 0 saturated carbocycles. The highest BCUT2D eigenvalue weighted by molar-refractivity contribution is 9.10. The third kappa shape index (κ3) is 2.73. The quantitative estimate of drug-likeness (QED) is 0.741. The fourth-order valence-electron chi connectivity index (χ4n) is 2.08. The third-order valence-corrected chi connectivity index (χ3v) is 3.76. The number of anilines is 1. The van der Waals surface area contributed by atoms with Crippen molar-refractivity contribution in [2.24, 2.45) is 0 Å². The molecule has 0 bridgehead atoms. The molecule has 2 N–H and O–H groups in total. The molecule has 0 unspecified atom stereocenters. The number of rotatable bonds is 2. The molecule has 0 spiro atoms. The van der Waals surface area contributed by atoms with Crippen LogP contribution in [0.15, 0.2) is 59.3 Å². The predicted octanol–water partition coefficient (Wildman–Crippen LogP) is 3.96. The average molecular weight is 343 g/mol.